The number of sulfonamides is 1. The number of hydrogen-bond donors (Lipinski definition) is 1. The molecular formula is C29H36N6O3S. The Morgan fingerprint density at radius 1 is 1.08 bits per heavy atom. The third-order valence-electron chi connectivity index (χ3n) is 7.89. The van der Waals surface area contributed by atoms with E-state index < -0.39 is 15.9 Å². The summed E-state index contributed by atoms with van der Waals surface area (Å²) in [5, 5.41) is 15.2. The lowest BCUT2D eigenvalue weighted by molar-refractivity contribution is 0.0977. The molecule has 3 heterocycles. The van der Waals surface area contributed by atoms with Crippen LogP contribution in [0.25, 0.3) is 22.2 Å². The van der Waals surface area contributed by atoms with Gasteiger partial charge >= 0.3 is 0 Å². The minimum Gasteiger partial charge on any atom is -0.371 e. The van der Waals surface area contributed by atoms with Crippen molar-refractivity contribution in [1.82, 2.24) is 19.5 Å². The summed E-state index contributed by atoms with van der Waals surface area (Å²) in [4.78, 5) is 20.0. The van der Waals surface area contributed by atoms with Crippen LogP contribution in [0.4, 0.5) is 5.69 Å². The van der Waals surface area contributed by atoms with Crippen LogP contribution in [-0.4, -0.2) is 48.4 Å². The summed E-state index contributed by atoms with van der Waals surface area (Å²) < 4.78 is 27.8. The summed E-state index contributed by atoms with van der Waals surface area (Å²) in [6.07, 6.45) is 8.14. The quantitative estimate of drug-likeness (QED) is 0.452. The van der Waals surface area contributed by atoms with Gasteiger partial charge < -0.3 is 4.90 Å². The number of carbonyl (C=O) groups excluding carboxylic acids is 1. The third kappa shape index (κ3) is 5.78. The highest BCUT2D eigenvalue weighted by Gasteiger charge is 2.27. The van der Waals surface area contributed by atoms with Crippen LogP contribution >= 0.6 is 0 Å². The van der Waals surface area contributed by atoms with Gasteiger partial charge in [0.05, 0.1) is 29.4 Å². The van der Waals surface area contributed by atoms with Crippen LogP contribution in [0.15, 0.2) is 30.3 Å². The fourth-order valence-corrected chi connectivity index (χ4v) is 6.27. The van der Waals surface area contributed by atoms with E-state index in [2.05, 4.69) is 41.7 Å². The van der Waals surface area contributed by atoms with E-state index in [9.17, 15) is 18.5 Å². The number of nitrogens with zero attached hydrogens (tertiary/aromatic N) is 5. The highest BCUT2D eigenvalue weighted by atomic mass is 32.2. The number of carbonyl (C=O) groups is 1. The number of nitrogens with one attached hydrogen (secondary N) is 1. The van der Waals surface area contributed by atoms with E-state index in [-0.39, 0.29) is 23.6 Å². The van der Waals surface area contributed by atoms with E-state index in [4.69, 9.17) is 10.1 Å². The molecule has 1 amide bonds. The Bertz CT molecular complexity index is 1510. The number of hydrogen-bond acceptors (Lipinski definition) is 7. The van der Waals surface area contributed by atoms with Gasteiger partial charge in [-0.1, -0.05) is 45.2 Å². The van der Waals surface area contributed by atoms with Gasteiger partial charge in [0, 0.05) is 24.7 Å². The fraction of sp³-hybridized carbons (Fsp3) is 0.517. The van der Waals surface area contributed by atoms with Crippen molar-refractivity contribution in [3.63, 3.8) is 0 Å². The molecule has 10 heteroatoms. The molecule has 5 rings (SSSR count). The Kier molecular flexibility index (Phi) is 7.63. The van der Waals surface area contributed by atoms with Gasteiger partial charge in [-0.3, -0.25) is 4.79 Å². The Morgan fingerprint density at radius 3 is 2.33 bits per heavy atom. The van der Waals surface area contributed by atoms with Crippen LogP contribution in [0.3, 0.4) is 0 Å². The lowest BCUT2D eigenvalue weighted by Gasteiger charge is -2.31. The van der Waals surface area contributed by atoms with E-state index >= 15 is 0 Å². The second-order valence-corrected chi connectivity index (χ2v) is 12.9. The molecule has 2 aromatic heterocycles. The smallest absolute Gasteiger partial charge is 0.283 e. The van der Waals surface area contributed by atoms with Crippen LogP contribution in [0.5, 0.6) is 0 Å². The molecule has 0 unspecified atom stereocenters. The number of benzene rings is 1. The van der Waals surface area contributed by atoms with Gasteiger partial charge in [-0.05, 0) is 60.9 Å². The largest absolute Gasteiger partial charge is 0.371 e. The normalized spacial score (nSPS) is 17.5. The number of amides is 1. The first-order valence-electron chi connectivity index (χ1n) is 13.8. The number of fused-ring (bicyclic) bond motifs is 1. The summed E-state index contributed by atoms with van der Waals surface area (Å²) in [7, 11) is -3.75. The SMILES string of the molecule is CC(C)c1nn(C2CCCCC2)c2nc(C(=O)NS(C)(=O)=O)cc(-c3ccc(N4CCC(C#N)CC4)cc3)c12. The minimum absolute atomic E-state index is 0.0536. The van der Waals surface area contributed by atoms with Crippen molar-refractivity contribution in [1.29, 1.82) is 5.26 Å². The van der Waals surface area contributed by atoms with E-state index in [0.29, 0.717) is 5.65 Å². The predicted octanol–water partition coefficient (Wildman–Crippen LogP) is 5.16. The van der Waals surface area contributed by atoms with Gasteiger partial charge in [0.25, 0.3) is 5.91 Å². The number of aromatic nitrogens is 3. The Morgan fingerprint density at radius 2 is 1.74 bits per heavy atom. The molecule has 0 radical (unpaired) electrons. The summed E-state index contributed by atoms with van der Waals surface area (Å²) in [6.45, 7) is 5.90. The summed E-state index contributed by atoms with van der Waals surface area (Å²) in [5.41, 5.74) is 4.44. The van der Waals surface area contributed by atoms with Gasteiger partial charge in [0.1, 0.15) is 5.69 Å². The molecule has 1 saturated heterocycles. The number of nitriles is 1. The van der Waals surface area contributed by atoms with Crippen molar-refractivity contribution in [2.24, 2.45) is 5.92 Å². The van der Waals surface area contributed by atoms with Crippen molar-refractivity contribution in [3.8, 4) is 17.2 Å². The maximum atomic E-state index is 13.0. The first-order chi connectivity index (χ1) is 18.6. The zero-order chi connectivity index (χ0) is 27.7. The van der Waals surface area contributed by atoms with Crippen molar-refractivity contribution < 1.29 is 13.2 Å². The van der Waals surface area contributed by atoms with Crippen LogP contribution in [0.2, 0.25) is 0 Å². The Labute approximate surface area is 230 Å². The molecule has 0 bridgehead atoms. The van der Waals surface area contributed by atoms with E-state index in [1.807, 2.05) is 16.8 Å². The summed E-state index contributed by atoms with van der Waals surface area (Å²) in [6, 6.07) is 12.5. The topological polar surface area (TPSA) is 121 Å². The molecule has 2 fully saturated rings. The molecule has 2 aliphatic rings. The van der Waals surface area contributed by atoms with E-state index in [0.717, 1.165) is 85.8 Å². The summed E-state index contributed by atoms with van der Waals surface area (Å²) in [5.74, 6) is -0.494. The molecule has 1 aliphatic heterocycles. The number of pyridine rings is 1. The monoisotopic (exact) mass is 548 g/mol. The number of piperidine rings is 1. The maximum absolute atomic E-state index is 13.0. The molecule has 0 atom stereocenters. The van der Waals surface area contributed by atoms with Gasteiger partial charge in [-0.2, -0.15) is 10.4 Å². The molecule has 0 spiro atoms. The molecule has 9 nitrogen and oxygen atoms in total. The highest BCUT2D eigenvalue weighted by molar-refractivity contribution is 7.89. The molecule has 39 heavy (non-hydrogen) atoms. The first kappa shape index (κ1) is 27.1. The average molecular weight is 549 g/mol. The zero-order valence-electron chi connectivity index (χ0n) is 22.9. The second-order valence-electron chi connectivity index (χ2n) is 11.2. The fourth-order valence-electron chi connectivity index (χ4n) is 5.83. The van der Waals surface area contributed by atoms with Crippen LogP contribution in [-0.2, 0) is 10.0 Å². The molecule has 1 saturated carbocycles. The highest BCUT2D eigenvalue weighted by Crippen LogP contribution is 2.38. The minimum atomic E-state index is -3.75. The van der Waals surface area contributed by atoms with Gasteiger partial charge in [0.2, 0.25) is 10.0 Å². The molecule has 1 aliphatic carbocycles. The molecule has 1 aromatic carbocycles. The maximum Gasteiger partial charge on any atom is 0.283 e. The zero-order valence-corrected chi connectivity index (χ0v) is 23.7. The lowest BCUT2D eigenvalue weighted by Crippen LogP contribution is -2.33. The van der Waals surface area contributed by atoms with Gasteiger partial charge in [-0.25, -0.2) is 22.8 Å². The van der Waals surface area contributed by atoms with Crippen molar-refractivity contribution in [3.05, 3.63) is 41.7 Å². The van der Waals surface area contributed by atoms with E-state index in [1.165, 1.54) is 6.42 Å². The number of anilines is 1. The lowest BCUT2D eigenvalue weighted by atomic mass is 9.95. The average Bonchev–Trinajstić information content (AvgIpc) is 3.32. The number of rotatable bonds is 6. The molecular weight excluding hydrogens is 512 g/mol. The first-order valence-corrected chi connectivity index (χ1v) is 15.7. The molecule has 1 N–H and O–H groups in total. The van der Waals surface area contributed by atoms with Crippen molar-refractivity contribution >= 4 is 32.7 Å². The van der Waals surface area contributed by atoms with Crippen molar-refractivity contribution in [2.75, 3.05) is 24.2 Å². The van der Waals surface area contributed by atoms with Crippen LogP contribution in [0, 0.1) is 17.2 Å². The summed E-state index contributed by atoms with van der Waals surface area (Å²) >= 11 is 0. The van der Waals surface area contributed by atoms with Gasteiger partial charge in [0.15, 0.2) is 5.65 Å². The van der Waals surface area contributed by atoms with Crippen molar-refractivity contribution in [2.45, 2.75) is 70.8 Å². The van der Waals surface area contributed by atoms with Crippen LogP contribution in [0.1, 0.15) is 86.9 Å². The standard InChI is InChI=1S/C29H36N6O3S/c1-19(2)27-26-24(21-9-11-22(12-10-21)34-15-13-20(18-30)14-16-34)17-25(29(36)33-39(3,37)38)31-28(26)35(32-27)23-7-5-4-6-8-23/h9-12,17,19-20,23H,4-8,13-16H2,1-3H3,(H,33,36). The second kappa shape index (κ2) is 11.0. The van der Waals surface area contributed by atoms with E-state index in [1.54, 1.807) is 6.07 Å². The Hall–Kier alpha value is -3.45. The Balaban J connectivity index is 1.62. The van der Waals surface area contributed by atoms with Crippen LogP contribution < -0.4 is 9.62 Å². The van der Waals surface area contributed by atoms with Gasteiger partial charge in [-0.15, -0.1) is 0 Å². The predicted molar refractivity (Wildman–Crippen MR) is 152 cm³/mol. The third-order valence-corrected chi connectivity index (χ3v) is 8.44. The molecule has 206 valence electrons. The molecule has 3 aromatic rings.